The third kappa shape index (κ3) is 3.38. The number of anilines is 1. The van der Waals surface area contributed by atoms with Gasteiger partial charge < -0.3 is 10.1 Å². The maximum atomic E-state index is 12.8. The molecule has 3 nitrogen and oxygen atoms in total. The lowest BCUT2D eigenvalue weighted by molar-refractivity contribution is -0.137. The van der Waals surface area contributed by atoms with Gasteiger partial charge >= 0.3 is 6.18 Å². The van der Waals surface area contributed by atoms with Crippen LogP contribution in [0.25, 0.3) is 0 Å². The van der Waals surface area contributed by atoms with E-state index in [1.54, 1.807) is 6.07 Å². The lowest BCUT2D eigenvalue weighted by atomic mass is 10.1. The van der Waals surface area contributed by atoms with E-state index in [1.807, 2.05) is 0 Å². The molecule has 0 spiro atoms. The molecule has 1 aliphatic rings. The van der Waals surface area contributed by atoms with Crippen LogP contribution in [0.4, 0.5) is 18.9 Å². The molecule has 1 N–H and O–H groups in total. The minimum absolute atomic E-state index is 0.324. The van der Waals surface area contributed by atoms with Gasteiger partial charge in [0, 0.05) is 24.8 Å². The predicted octanol–water partition coefficient (Wildman–Crippen LogP) is 3.03. The van der Waals surface area contributed by atoms with Crippen LogP contribution < -0.4 is 5.32 Å². The fourth-order valence-electron chi connectivity index (χ4n) is 1.99. The highest BCUT2D eigenvalue weighted by Crippen LogP contribution is 2.33. The summed E-state index contributed by atoms with van der Waals surface area (Å²) >= 11 is 0. The number of rotatable bonds is 3. The molecule has 2 rings (SSSR count). The first-order valence-corrected chi connectivity index (χ1v) is 5.93. The summed E-state index contributed by atoms with van der Waals surface area (Å²) in [6.45, 7) is 1.91. The first-order valence-electron chi connectivity index (χ1n) is 5.93. The lowest BCUT2D eigenvalue weighted by Gasteiger charge is -2.14. The van der Waals surface area contributed by atoms with E-state index < -0.39 is 11.7 Å². The number of nitrogens with zero attached hydrogens (tertiary/aromatic N) is 1. The molecule has 19 heavy (non-hydrogen) atoms. The first kappa shape index (κ1) is 13.7. The maximum Gasteiger partial charge on any atom is 0.417 e. The number of ether oxygens (including phenoxy) is 1. The van der Waals surface area contributed by atoms with Crippen LogP contribution in [0.2, 0.25) is 0 Å². The molecule has 1 unspecified atom stereocenters. The summed E-state index contributed by atoms with van der Waals surface area (Å²) in [6, 6.07) is 5.22. The minimum Gasteiger partial charge on any atom is -0.385 e. The summed E-state index contributed by atoms with van der Waals surface area (Å²) in [6.07, 6.45) is -3.60. The molecule has 1 aromatic rings. The van der Waals surface area contributed by atoms with Gasteiger partial charge in [0.05, 0.1) is 23.8 Å². The second-order valence-corrected chi connectivity index (χ2v) is 4.48. The average molecular weight is 270 g/mol. The Bertz CT molecular complexity index is 488. The van der Waals surface area contributed by atoms with Gasteiger partial charge in [0.2, 0.25) is 0 Å². The molecular formula is C13H13F3N2O. The van der Waals surface area contributed by atoms with Gasteiger partial charge in [0.1, 0.15) is 0 Å². The average Bonchev–Trinajstić information content (AvgIpc) is 2.88. The lowest BCUT2D eigenvalue weighted by Crippen LogP contribution is -2.15. The molecule has 1 aromatic carbocycles. The second-order valence-electron chi connectivity index (χ2n) is 4.48. The van der Waals surface area contributed by atoms with Crippen molar-refractivity contribution in [3.8, 4) is 6.07 Å². The molecule has 0 saturated carbocycles. The highest BCUT2D eigenvalue weighted by atomic mass is 19.4. The van der Waals surface area contributed by atoms with Gasteiger partial charge in [0.25, 0.3) is 0 Å². The minimum atomic E-state index is -4.51. The Morgan fingerprint density at radius 3 is 2.79 bits per heavy atom. The molecule has 102 valence electrons. The smallest absolute Gasteiger partial charge is 0.385 e. The van der Waals surface area contributed by atoms with Crippen molar-refractivity contribution < 1.29 is 17.9 Å². The molecule has 1 heterocycles. The molecule has 1 atom stereocenters. The molecule has 0 bridgehead atoms. The van der Waals surface area contributed by atoms with E-state index in [9.17, 15) is 13.2 Å². The molecule has 1 saturated heterocycles. The Kier molecular flexibility index (Phi) is 3.96. The van der Waals surface area contributed by atoms with E-state index in [4.69, 9.17) is 10.00 Å². The van der Waals surface area contributed by atoms with Gasteiger partial charge in [-0.05, 0) is 24.6 Å². The van der Waals surface area contributed by atoms with E-state index in [2.05, 4.69) is 5.32 Å². The Morgan fingerprint density at radius 2 is 2.21 bits per heavy atom. The topological polar surface area (TPSA) is 45.0 Å². The van der Waals surface area contributed by atoms with Crippen LogP contribution in [-0.2, 0) is 10.9 Å². The second kappa shape index (κ2) is 5.49. The number of benzene rings is 1. The van der Waals surface area contributed by atoms with E-state index >= 15 is 0 Å². The molecule has 0 aromatic heterocycles. The fourth-order valence-corrected chi connectivity index (χ4v) is 1.99. The number of nitriles is 1. The van der Waals surface area contributed by atoms with Crippen LogP contribution in [0, 0.1) is 17.2 Å². The Balaban J connectivity index is 2.11. The summed E-state index contributed by atoms with van der Waals surface area (Å²) in [5, 5.41) is 11.6. The SMILES string of the molecule is N#Cc1ccc(NCC2CCOC2)cc1C(F)(F)F. The molecular weight excluding hydrogens is 257 g/mol. The van der Waals surface area contributed by atoms with Crippen molar-refractivity contribution in [2.24, 2.45) is 5.92 Å². The van der Waals surface area contributed by atoms with E-state index in [0.29, 0.717) is 31.4 Å². The van der Waals surface area contributed by atoms with E-state index in [-0.39, 0.29) is 5.56 Å². The van der Waals surface area contributed by atoms with Crippen molar-refractivity contribution in [3.05, 3.63) is 29.3 Å². The van der Waals surface area contributed by atoms with Crippen LogP contribution in [0.5, 0.6) is 0 Å². The molecule has 0 radical (unpaired) electrons. The van der Waals surface area contributed by atoms with Crippen molar-refractivity contribution in [1.29, 1.82) is 5.26 Å². The monoisotopic (exact) mass is 270 g/mol. The summed E-state index contributed by atoms with van der Waals surface area (Å²) in [5.74, 6) is 0.324. The van der Waals surface area contributed by atoms with Crippen molar-refractivity contribution in [2.45, 2.75) is 12.6 Å². The van der Waals surface area contributed by atoms with Crippen molar-refractivity contribution >= 4 is 5.69 Å². The number of halogens is 3. The van der Waals surface area contributed by atoms with Gasteiger partial charge in [-0.15, -0.1) is 0 Å². The van der Waals surface area contributed by atoms with Crippen molar-refractivity contribution in [3.63, 3.8) is 0 Å². The van der Waals surface area contributed by atoms with E-state index in [1.165, 1.54) is 12.1 Å². The quantitative estimate of drug-likeness (QED) is 0.918. The third-order valence-electron chi connectivity index (χ3n) is 3.06. The third-order valence-corrected chi connectivity index (χ3v) is 3.06. The van der Waals surface area contributed by atoms with Gasteiger partial charge in [-0.3, -0.25) is 0 Å². The zero-order valence-electron chi connectivity index (χ0n) is 10.1. The molecule has 1 aliphatic heterocycles. The summed E-state index contributed by atoms with van der Waals surface area (Å²) < 4.78 is 43.5. The van der Waals surface area contributed by atoms with Crippen LogP contribution in [-0.4, -0.2) is 19.8 Å². The highest BCUT2D eigenvalue weighted by Gasteiger charge is 2.33. The van der Waals surface area contributed by atoms with Gasteiger partial charge in [0.15, 0.2) is 0 Å². The zero-order valence-corrected chi connectivity index (χ0v) is 10.1. The van der Waals surface area contributed by atoms with Crippen LogP contribution in [0.15, 0.2) is 18.2 Å². The normalized spacial score (nSPS) is 19.2. The van der Waals surface area contributed by atoms with Crippen LogP contribution >= 0.6 is 0 Å². The largest absolute Gasteiger partial charge is 0.417 e. The van der Waals surface area contributed by atoms with Gasteiger partial charge in [-0.2, -0.15) is 18.4 Å². The molecule has 0 aliphatic carbocycles. The standard InChI is InChI=1S/C13H13F3N2O/c14-13(15,16)12-5-11(2-1-10(12)6-17)18-7-9-3-4-19-8-9/h1-2,5,9,18H,3-4,7-8H2. The molecule has 0 amide bonds. The van der Waals surface area contributed by atoms with Gasteiger partial charge in [-0.25, -0.2) is 0 Å². The number of alkyl halides is 3. The first-order chi connectivity index (χ1) is 9.00. The van der Waals surface area contributed by atoms with Crippen LogP contribution in [0.3, 0.4) is 0 Å². The summed E-state index contributed by atoms with van der Waals surface area (Å²) in [4.78, 5) is 0. The van der Waals surface area contributed by atoms with Crippen molar-refractivity contribution in [1.82, 2.24) is 0 Å². The molecule has 1 fully saturated rings. The summed E-state index contributed by atoms with van der Waals surface area (Å²) in [7, 11) is 0. The van der Waals surface area contributed by atoms with Crippen molar-refractivity contribution in [2.75, 3.05) is 25.1 Å². The summed E-state index contributed by atoms with van der Waals surface area (Å²) in [5.41, 5.74) is -0.886. The highest BCUT2D eigenvalue weighted by molar-refractivity contribution is 5.53. The number of hydrogen-bond acceptors (Lipinski definition) is 3. The Hall–Kier alpha value is -1.74. The number of nitrogens with one attached hydrogen (secondary N) is 1. The fraction of sp³-hybridized carbons (Fsp3) is 0.462. The molecule has 6 heteroatoms. The zero-order chi connectivity index (χ0) is 13.9. The predicted molar refractivity (Wildman–Crippen MR) is 63.6 cm³/mol. The maximum absolute atomic E-state index is 12.8. The van der Waals surface area contributed by atoms with E-state index in [0.717, 1.165) is 12.5 Å². The van der Waals surface area contributed by atoms with Crippen LogP contribution in [0.1, 0.15) is 17.5 Å². The van der Waals surface area contributed by atoms with Gasteiger partial charge in [-0.1, -0.05) is 0 Å². The Labute approximate surface area is 109 Å². The Morgan fingerprint density at radius 1 is 1.42 bits per heavy atom. The number of hydrogen-bond donors (Lipinski definition) is 1.